The van der Waals surface area contributed by atoms with E-state index in [0.717, 1.165) is 11.3 Å². The van der Waals surface area contributed by atoms with Gasteiger partial charge in [0, 0.05) is 5.56 Å². The first-order valence-electron chi connectivity index (χ1n) is 6.08. The van der Waals surface area contributed by atoms with Crippen LogP contribution in [0.4, 0.5) is 13.2 Å². The van der Waals surface area contributed by atoms with Crippen LogP contribution in [0.15, 0.2) is 24.3 Å². The van der Waals surface area contributed by atoms with Gasteiger partial charge in [0.25, 0.3) is 0 Å². The van der Waals surface area contributed by atoms with Crippen LogP contribution in [0.2, 0.25) is 0 Å². The van der Waals surface area contributed by atoms with Crippen LogP contribution in [-0.2, 0) is 0 Å². The van der Waals surface area contributed by atoms with Crippen molar-refractivity contribution in [2.45, 2.75) is 18.3 Å². The zero-order valence-electron chi connectivity index (χ0n) is 10.9. The first kappa shape index (κ1) is 14.1. The number of para-hydroxylation sites is 1. The fraction of sp³-hybridized carbons (Fsp3) is 0.538. The lowest BCUT2D eigenvalue weighted by molar-refractivity contribution is -0.150. The average Bonchev–Trinajstić information content (AvgIpc) is 2.35. The lowest BCUT2D eigenvalue weighted by Crippen LogP contribution is -2.50. The van der Waals surface area contributed by atoms with Crippen LogP contribution in [0.3, 0.4) is 0 Å². The molecule has 106 valence electrons. The zero-order valence-corrected chi connectivity index (χ0v) is 10.9. The fourth-order valence-corrected chi connectivity index (χ4v) is 2.48. The van der Waals surface area contributed by atoms with Gasteiger partial charge in [0.1, 0.15) is 12.4 Å². The number of alkyl halides is 3. The van der Waals surface area contributed by atoms with Crippen LogP contribution >= 0.6 is 0 Å². The highest BCUT2D eigenvalue weighted by atomic mass is 19.4. The second-order valence-corrected chi connectivity index (χ2v) is 4.71. The van der Waals surface area contributed by atoms with Crippen molar-refractivity contribution in [1.29, 1.82) is 0 Å². The van der Waals surface area contributed by atoms with Crippen molar-refractivity contribution in [1.82, 2.24) is 10.2 Å². The number of rotatable bonds is 3. The van der Waals surface area contributed by atoms with Crippen LogP contribution in [0.25, 0.3) is 0 Å². The van der Waals surface area contributed by atoms with E-state index in [-0.39, 0.29) is 18.7 Å². The molecule has 0 radical (unpaired) electrons. The smallest absolute Gasteiger partial charge is 0.401 e. The molecule has 2 unspecified atom stereocenters. The van der Waals surface area contributed by atoms with E-state index < -0.39 is 12.7 Å². The molecule has 0 saturated heterocycles. The number of hydrogen-bond acceptors (Lipinski definition) is 3. The van der Waals surface area contributed by atoms with Crippen LogP contribution in [-0.4, -0.2) is 44.4 Å². The van der Waals surface area contributed by atoms with Gasteiger partial charge in [0.2, 0.25) is 0 Å². The first-order chi connectivity index (χ1) is 8.92. The number of hydrogen-bond donors (Lipinski definition) is 1. The maximum Gasteiger partial charge on any atom is 0.401 e. The molecular weight excluding hydrogens is 257 g/mol. The van der Waals surface area contributed by atoms with Crippen molar-refractivity contribution in [3.63, 3.8) is 0 Å². The van der Waals surface area contributed by atoms with E-state index in [4.69, 9.17) is 4.74 Å². The normalized spacial score (nSPS) is 23.1. The Morgan fingerprint density at radius 1 is 1.37 bits per heavy atom. The van der Waals surface area contributed by atoms with Crippen LogP contribution in [0.1, 0.15) is 11.6 Å². The van der Waals surface area contributed by atoms with Crippen molar-refractivity contribution in [2.75, 3.05) is 27.2 Å². The van der Waals surface area contributed by atoms with Gasteiger partial charge in [0.05, 0.1) is 18.6 Å². The summed E-state index contributed by atoms with van der Waals surface area (Å²) in [5.41, 5.74) is 0.898. The lowest BCUT2D eigenvalue weighted by Gasteiger charge is -2.39. The molecule has 3 nitrogen and oxygen atoms in total. The second-order valence-electron chi connectivity index (χ2n) is 4.71. The van der Waals surface area contributed by atoms with Crippen LogP contribution in [0.5, 0.6) is 5.75 Å². The standard InChI is InChI=1S/C13H17F3N2O/c1-17-12-9-5-3-4-6-11(9)19-7-10(12)18(2)8-13(14,15)16/h3-6,10,12,17H,7-8H2,1-2H3. The predicted molar refractivity (Wildman–Crippen MR) is 66.2 cm³/mol. The topological polar surface area (TPSA) is 24.5 Å². The molecule has 1 aliphatic rings. The summed E-state index contributed by atoms with van der Waals surface area (Å²) < 4.78 is 43.0. The van der Waals surface area contributed by atoms with Gasteiger partial charge >= 0.3 is 6.18 Å². The number of ether oxygens (including phenoxy) is 1. The molecule has 0 aromatic heterocycles. The van der Waals surface area contributed by atoms with E-state index in [0.29, 0.717) is 0 Å². The zero-order chi connectivity index (χ0) is 14.0. The molecular formula is C13H17F3N2O. The molecule has 1 aromatic rings. The van der Waals surface area contributed by atoms with Gasteiger partial charge in [0.15, 0.2) is 0 Å². The van der Waals surface area contributed by atoms with Gasteiger partial charge in [-0.3, -0.25) is 4.90 Å². The molecule has 1 heterocycles. The highest BCUT2D eigenvalue weighted by molar-refractivity contribution is 5.38. The monoisotopic (exact) mass is 274 g/mol. The average molecular weight is 274 g/mol. The molecule has 0 aliphatic carbocycles. The van der Waals surface area contributed by atoms with Gasteiger partial charge in [-0.25, -0.2) is 0 Å². The van der Waals surface area contributed by atoms with E-state index in [1.165, 1.54) is 11.9 Å². The molecule has 19 heavy (non-hydrogen) atoms. The van der Waals surface area contributed by atoms with Crippen molar-refractivity contribution in [2.24, 2.45) is 0 Å². The molecule has 1 N–H and O–H groups in total. The van der Waals surface area contributed by atoms with Crippen LogP contribution < -0.4 is 10.1 Å². The SMILES string of the molecule is CNC1c2ccccc2OCC1N(C)CC(F)(F)F. The molecule has 0 amide bonds. The molecule has 2 rings (SSSR count). The number of nitrogens with zero attached hydrogens (tertiary/aromatic N) is 1. The summed E-state index contributed by atoms with van der Waals surface area (Å²) in [6.07, 6.45) is -4.20. The highest BCUT2D eigenvalue weighted by Crippen LogP contribution is 2.34. The van der Waals surface area contributed by atoms with Gasteiger partial charge in [-0.05, 0) is 20.2 Å². The minimum atomic E-state index is -4.20. The third-order valence-corrected chi connectivity index (χ3v) is 3.35. The van der Waals surface area contributed by atoms with E-state index in [2.05, 4.69) is 5.32 Å². The summed E-state index contributed by atoms with van der Waals surface area (Å²) in [5, 5.41) is 3.09. The molecule has 0 saturated carbocycles. The second kappa shape index (κ2) is 5.38. The van der Waals surface area contributed by atoms with E-state index >= 15 is 0 Å². The third-order valence-electron chi connectivity index (χ3n) is 3.35. The Balaban J connectivity index is 2.20. The lowest BCUT2D eigenvalue weighted by atomic mass is 9.95. The Kier molecular flexibility index (Phi) is 4.01. The molecule has 1 aromatic carbocycles. The number of benzene rings is 1. The Morgan fingerprint density at radius 2 is 2.05 bits per heavy atom. The summed E-state index contributed by atoms with van der Waals surface area (Å²) >= 11 is 0. The van der Waals surface area contributed by atoms with Gasteiger partial charge in [-0.15, -0.1) is 0 Å². The number of nitrogens with one attached hydrogen (secondary N) is 1. The van der Waals surface area contributed by atoms with Gasteiger partial charge < -0.3 is 10.1 Å². The number of fused-ring (bicyclic) bond motifs is 1. The maximum atomic E-state index is 12.5. The van der Waals surface area contributed by atoms with Crippen molar-refractivity contribution in [3.8, 4) is 5.75 Å². The number of likely N-dealkylation sites (N-methyl/N-ethyl adjacent to an activating group) is 2. The summed E-state index contributed by atoms with van der Waals surface area (Å²) in [4.78, 5) is 1.29. The predicted octanol–water partition coefficient (Wildman–Crippen LogP) is 2.20. The van der Waals surface area contributed by atoms with E-state index in [1.807, 2.05) is 24.3 Å². The fourth-order valence-electron chi connectivity index (χ4n) is 2.48. The first-order valence-corrected chi connectivity index (χ1v) is 6.08. The van der Waals surface area contributed by atoms with E-state index in [1.54, 1.807) is 7.05 Å². The summed E-state index contributed by atoms with van der Waals surface area (Å²) in [6.45, 7) is -0.698. The molecule has 0 fully saturated rings. The summed E-state index contributed by atoms with van der Waals surface area (Å²) in [7, 11) is 3.22. The minimum absolute atomic E-state index is 0.169. The molecule has 6 heteroatoms. The summed E-state index contributed by atoms with van der Waals surface area (Å²) in [5.74, 6) is 0.735. The Labute approximate surface area is 110 Å². The maximum absolute atomic E-state index is 12.5. The molecule has 0 bridgehead atoms. The van der Waals surface area contributed by atoms with E-state index in [9.17, 15) is 13.2 Å². The molecule has 0 spiro atoms. The Bertz CT molecular complexity index is 436. The molecule has 2 atom stereocenters. The third kappa shape index (κ3) is 3.19. The van der Waals surface area contributed by atoms with Crippen molar-refractivity contribution >= 4 is 0 Å². The highest BCUT2D eigenvalue weighted by Gasteiger charge is 2.37. The number of halogens is 3. The van der Waals surface area contributed by atoms with Gasteiger partial charge in [-0.2, -0.15) is 13.2 Å². The van der Waals surface area contributed by atoms with Crippen molar-refractivity contribution in [3.05, 3.63) is 29.8 Å². The van der Waals surface area contributed by atoms with Crippen LogP contribution in [0, 0.1) is 0 Å². The quantitative estimate of drug-likeness (QED) is 0.914. The van der Waals surface area contributed by atoms with Crippen molar-refractivity contribution < 1.29 is 17.9 Å². The Morgan fingerprint density at radius 3 is 2.68 bits per heavy atom. The Hall–Kier alpha value is -1.27. The minimum Gasteiger partial charge on any atom is -0.492 e. The summed E-state index contributed by atoms with van der Waals surface area (Å²) in [6, 6.07) is 6.91. The largest absolute Gasteiger partial charge is 0.492 e. The molecule has 1 aliphatic heterocycles. The van der Waals surface area contributed by atoms with Gasteiger partial charge in [-0.1, -0.05) is 18.2 Å².